The van der Waals surface area contributed by atoms with Gasteiger partial charge in [0, 0.05) is 43.3 Å². The van der Waals surface area contributed by atoms with Crippen molar-refractivity contribution in [1.82, 2.24) is 15.1 Å². The zero-order valence-electron chi connectivity index (χ0n) is 13.6. The molecule has 114 valence electrons. The SMILES string of the molecule is CCCNCC1CCOC1c1cn(C)nc1C(C)(C)C. The maximum Gasteiger partial charge on any atom is 0.0899 e. The van der Waals surface area contributed by atoms with Crippen molar-refractivity contribution >= 4 is 0 Å². The molecule has 0 bridgehead atoms. The molecule has 0 radical (unpaired) electrons. The van der Waals surface area contributed by atoms with Crippen LogP contribution in [0.5, 0.6) is 0 Å². The summed E-state index contributed by atoms with van der Waals surface area (Å²) in [5, 5.41) is 8.21. The topological polar surface area (TPSA) is 39.1 Å². The Labute approximate surface area is 122 Å². The van der Waals surface area contributed by atoms with E-state index in [1.807, 2.05) is 11.7 Å². The first-order valence-electron chi connectivity index (χ1n) is 7.79. The third kappa shape index (κ3) is 3.41. The molecule has 0 aliphatic carbocycles. The molecule has 1 aliphatic rings. The lowest BCUT2D eigenvalue weighted by molar-refractivity contribution is 0.0890. The van der Waals surface area contributed by atoms with E-state index in [0.29, 0.717) is 5.92 Å². The summed E-state index contributed by atoms with van der Waals surface area (Å²) in [6.45, 7) is 11.9. The van der Waals surface area contributed by atoms with Gasteiger partial charge in [-0.05, 0) is 19.4 Å². The molecule has 4 heteroatoms. The maximum atomic E-state index is 6.04. The van der Waals surface area contributed by atoms with Crippen LogP contribution >= 0.6 is 0 Å². The second kappa shape index (κ2) is 6.27. The van der Waals surface area contributed by atoms with Crippen LogP contribution in [-0.4, -0.2) is 29.5 Å². The Morgan fingerprint density at radius 3 is 2.85 bits per heavy atom. The van der Waals surface area contributed by atoms with E-state index in [1.54, 1.807) is 0 Å². The minimum absolute atomic E-state index is 0.0595. The molecule has 0 spiro atoms. The molecule has 1 aliphatic heterocycles. The van der Waals surface area contributed by atoms with Crippen LogP contribution < -0.4 is 5.32 Å². The van der Waals surface area contributed by atoms with Gasteiger partial charge in [0.25, 0.3) is 0 Å². The Hall–Kier alpha value is -0.870. The fourth-order valence-corrected chi connectivity index (χ4v) is 2.95. The first kappa shape index (κ1) is 15.5. The van der Waals surface area contributed by atoms with E-state index >= 15 is 0 Å². The first-order valence-corrected chi connectivity index (χ1v) is 7.79. The van der Waals surface area contributed by atoms with Crippen molar-refractivity contribution in [1.29, 1.82) is 0 Å². The molecule has 1 aromatic rings. The fraction of sp³-hybridized carbons (Fsp3) is 0.812. The molecule has 0 amide bonds. The van der Waals surface area contributed by atoms with Crippen LogP contribution in [0.2, 0.25) is 0 Å². The summed E-state index contributed by atoms with van der Waals surface area (Å²) in [6, 6.07) is 0. The second-order valence-corrected chi connectivity index (χ2v) is 6.90. The highest BCUT2D eigenvalue weighted by Gasteiger charge is 2.35. The third-order valence-electron chi connectivity index (χ3n) is 3.92. The lowest BCUT2D eigenvalue weighted by atomic mass is 9.85. The lowest BCUT2D eigenvalue weighted by Crippen LogP contribution is -2.26. The van der Waals surface area contributed by atoms with Gasteiger partial charge in [-0.3, -0.25) is 4.68 Å². The number of ether oxygens (including phenoxy) is 1. The minimum atomic E-state index is 0.0595. The number of nitrogens with one attached hydrogen (secondary N) is 1. The Morgan fingerprint density at radius 2 is 2.20 bits per heavy atom. The Kier molecular flexibility index (Phi) is 4.86. The van der Waals surface area contributed by atoms with Crippen molar-refractivity contribution < 1.29 is 4.74 Å². The molecule has 1 N–H and O–H groups in total. The summed E-state index contributed by atoms with van der Waals surface area (Å²) >= 11 is 0. The van der Waals surface area contributed by atoms with Gasteiger partial charge in [-0.25, -0.2) is 0 Å². The van der Waals surface area contributed by atoms with Gasteiger partial charge in [0.15, 0.2) is 0 Å². The van der Waals surface area contributed by atoms with Gasteiger partial charge in [0.2, 0.25) is 0 Å². The Morgan fingerprint density at radius 1 is 1.45 bits per heavy atom. The van der Waals surface area contributed by atoms with Gasteiger partial charge in [0.1, 0.15) is 0 Å². The normalized spacial score (nSPS) is 23.4. The highest BCUT2D eigenvalue weighted by atomic mass is 16.5. The molecule has 2 atom stereocenters. The van der Waals surface area contributed by atoms with Crippen LogP contribution in [0, 0.1) is 5.92 Å². The maximum absolute atomic E-state index is 6.04. The predicted octanol–water partition coefficient (Wildman–Crippen LogP) is 2.79. The highest BCUT2D eigenvalue weighted by molar-refractivity contribution is 5.27. The Bertz CT molecular complexity index is 433. The molecule has 2 unspecified atom stereocenters. The zero-order valence-corrected chi connectivity index (χ0v) is 13.6. The van der Waals surface area contributed by atoms with E-state index in [2.05, 4.69) is 44.3 Å². The van der Waals surface area contributed by atoms with Gasteiger partial charge < -0.3 is 10.1 Å². The molecular formula is C16H29N3O. The summed E-state index contributed by atoms with van der Waals surface area (Å²) in [4.78, 5) is 0. The molecule has 0 aromatic carbocycles. The molecule has 1 fully saturated rings. The predicted molar refractivity (Wildman–Crippen MR) is 81.9 cm³/mol. The van der Waals surface area contributed by atoms with Gasteiger partial charge in [-0.2, -0.15) is 5.10 Å². The van der Waals surface area contributed by atoms with E-state index in [9.17, 15) is 0 Å². The van der Waals surface area contributed by atoms with E-state index < -0.39 is 0 Å². The van der Waals surface area contributed by atoms with Gasteiger partial charge in [-0.1, -0.05) is 27.7 Å². The van der Waals surface area contributed by atoms with Crippen LogP contribution in [0.25, 0.3) is 0 Å². The van der Waals surface area contributed by atoms with Gasteiger partial charge >= 0.3 is 0 Å². The first-order chi connectivity index (χ1) is 9.43. The van der Waals surface area contributed by atoms with Crippen molar-refractivity contribution in [3.63, 3.8) is 0 Å². The van der Waals surface area contributed by atoms with Crippen molar-refractivity contribution in [2.75, 3.05) is 19.7 Å². The molecule has 1 saturated heterocycles. The highest BCUT2D eigenvalue weighted by Crippen LogP contribution is 2.38. The summed E-state index contributed by atoms with van der Waals surface area (Å²) in [5.74, 6) is 0.562. The second-order valence-electron chi connectivity index (χ2n) is 6.90. The van der Waals surface area contributed by atoms with Crippen molar-refractivity contribution in [2.45, 2.75) is 52.1 Å². The van der Waals surface area contributed by atoms with Crippen molar-refractivity contribution in [3.8, 4) is 0 Å². The van der Waals surface area contributed by atoms with Crippen LogP contribution in [0.15, 0.2) is 6.20 Å². The van der Waals surface area contributed by atoms with Crippen LogP contribution in [0.1, 0.15) is 57.9 Å². The smallest absolute Gasteiger partial charge is 0.0899 e. The average molecular weight is 279 g/mol. The number of hydrogen-bond donors (Lipinski definition) is 1. The largest absolute Gasteiger partial charge is 0.373 e. The summed E-state index contributed by atoms with van der Waals surface area (Å²) < 4.78 is 7.96. The van der Waals surface area contributed by atoms with Crippen molar-refractivity contribution in [3.05, 3.63) is 17.5 Å². The van der Waals surface area contributed by atoms with Crippen LogP contribution in [-0.2, 0) is 17.2 Å². The van der Waals surface area contributed by atoms with E-state index in [4.69, 9.17) is 4.74 Å². The number of aryl methyl sites for hydroxylation is 1. The molecule has 2 rings (SSSR count). The summed E-state index contributed by atoms with van der Waals surface area (Å²) in [6.07, 6.45) is 4.66. The zero-order chi connectivity index (χ0) is 14.8. The number of nitrogens with zero attached hydrogens (tertiary/aromatic N) is 2. The molecule has 2 heterocycles. The van der Waals surface area contributed by atoms with E-state index in [-0.39, 0.29) is 11.5 Å². The standard InChI is InChI=1S/C16H29N3O/c1-6-8-17-10-12-7-9-20-14(12)13-11-19(5)18-15(13)16(2,3)4/h11-12,14,17H,6-10H2,1-5H3. The van der Waals surface area contributed by atoms with Gasteiger partial charge in [0.05, 0.1) is 11.8 Å². The molecule has 4 nitrogen and oxygen atoms in total. The molecular weight excluding hydrogens is 250 g/mol. The number of hydrogen-bond acceptors (Lipinski definition) is 3. The minimum Gasteiger partial charge on any atom is -0.373 e. The molecule has 0 saturated carbocycles. The van der Waals surface area contributed by atoms with Crippen molar-refractivity contribution in [2.24, 2.45) is 13.0 Å². The number of aromatic nitrogens is 2. The van der Waals surface area contributed by atoms with E-state index in [1.165, 1.54) is 17.7 Å². The van der Waals surface area contributed by atoms with Crippen LogP contribution in [0.4, 0.5) is 0 Å². The Balaban J connectivity index is 2.17. The van der Waals surface area contributed by atoms with Crippen LogP contribution in [0.3, 0.4) is 0 Å². The summed E-state index contributed by atoms with van der Waals surface area (Å²) in [5.41, 5.74) is 2.51. The average Bonchev–Trinajstić information content (AvgIpc) is 2.94. The van der Waals surface area contributed by atoms with E-state index in [0.717, 1.165) is 26.1 Å². The fourth-order valence-electron chi connectivity index (χ4n) is 2.95. The summed E-state index contributed by atoms with van der Waals surface area (Å²) in [7, 11) is 2.00. The monoisotopic (exact) mass is 279 g/mol. The lowest BCUT2D eigenvalue weighted by Gasteiger charge is -2.23. The molecule has 20 heavy (non-hydrogen) atoms. The molecule has 1 aromatic heterocycles. The third-order valence-corrected chi connectivity index (χ3v) is 3.92. The quantitative estimate of drug-likeness (QED) is 0.842. The van der Waals surface area contributed by atoms with Gasteiger partial charge in [-0.15, -0.1) is 0 Å². The number of rotatable bonds is 5.